The smallest absolute Gasteiger partial charge is 0.390 e. The molecule has 0 saturated carbocycles. The number of anilines is 1. The first-order chi connectivity index (χ1) is 8.08. The van der Waals surface area contributed by atoms with Crippen molar-refractivity contribution in [1.29, 1.82) is 0 Å². The van der Waals surface area contributed by atoms with Gasteiger partial charge in [0.15, 0.2) is 0 Å². The van der Waals surface area contributed by atoms with E-state index in [0.29, 0.717) is 16.9 Å². The number of hydrogen-bond acceptors (Lipinski definition) is 8. The van der Waals surface area contributed by atoms with Gasteiger partial charge in [-0.1, -0.05) is 0 Å². The molecule has 0 aliphatic heterocycles. The standard InChI is InChI=1S/C5H6IN9O2/c6-3-9-11-12-13(3)1-2-14-4(7)8-5(10-14)15(16)17/h1-2H2,(H2,7,8,10). The van der Waals surface area contributed by atoms with E-state index in [2.05, 4.69) is 25.6 Å². The minimum atomic E-state index is -0.701. The van der Waals surface area contributed by atoms with E-state index in [1.165, 1.54) is 9.36 Å². The zero-order valence-electron chi connectivity index (χ0n) is 8.26. The van der Waals surface area contributed by atoms with E-state index < -0.39 is 10.9 Å². The van der Waals surface area contributed by atoms with Crippen molar-refractivity contribution in [1.82, 2.24) is 35.0 Å². The monoisotopic (exact) mass is 351 g/mol. The van der Waals surface area contributed by atoms with E-state index in [4.69, 9.17) is 5.73 Å². The molecular formula is C5H6IN9O2. The number of nitro groups is 1. The van der Waals surface area contributed by atoms with Gasteiger partial charge < -0.3 is 15.8 Å². The Labute approximate surface area is 107 Å². The average Bonchev–Trinajstić information content (AvgIpc) is 2.82. The lowest BCUT2D eigenvalue weighted by molar-refractivity contribution is -0.394. The Morgan fingerprint density at radius 2 is 2.12 bits per heavy atom. The topological polar surface area (TPSA) is 143 Å². The first kappa shape index (κ1) is 11.6. The Kier molecular flexibility index (Phi) is 3.12. The molecule has 0 fully saturated rings. The SMILES string of the molecule is Nc1nc([N+](=O)[O-])nn1CCn1nnnc1I. The van der Waals surface area contributed by atoms with Gasteiger partial charge in [-0.2, -0.15) is 4.68 Å². The fraction of sp³-hybridized carbons (Fsp3) is 0.400. The van der Waals surface area contributed by atoms with Gasteiger partial charge in [0, 0.05) is 27.7 Å². The van der Waals surface area contributed by atoms with E-state index in [9.17, 15) is 10.1 Å². The summed E-state index contributed by atoms with van der Waals surface area (Å²) in [7, 11) is 0. The van der Waals surface area contributed by atoms with Crippen LogP contribution >= 0.6 is 22.6 Å². The number of tetrazole rings is 1. The maximum atomic E-state index is 10.4. The Balaban J connectivity index is 2.09. The number of nitrogen functional groups attached to an aromatic ring is 1. The van der Waals surface area contributed by atoms with Crippen molar-refractivity contribution >= 4 is 34.5 Å². The van der Waals surface area contributed by atoms with Gasteiger partial charge in [0.1, 0.15) is 0 Å². The summed E-state index contributed by atoms with van der Waals surface area (Å²) >= 11 is 1.96. The third-order valence-corrected chi connectivity index (χ3v) is 2.64. The van der Waals surface area contributed by atoms with Crippen molar-refractivity contribution in [3.8, 4) is 0 Å². The molecule has 0 radical (unpaired) electrons. The molecule has 11 nitrogen and oxygen atoms in total. The van der Waals surface area contributed by atoms with Crippen molar-refractivity contribution < 1.29 is 4.92 Å². The molecule has 0 bridgehead atoms. The zero-order valence-corrected chi connectivity index (χ0v) is 10.4. The lowest BCUT2D eigenvalue weighted by atomic mass is 10.6. The molecule has 2 N–H and O–H groups in total. The van der Waals surface area contributed by atoms with E-state index in [0.717, 1.165) is 0 Å². The van der Waals surface area contributed by atoms with Crippen molar-refractivity contribution in [2.45, 2.75) is 13.1 Å². The Hall–Kier alpha value is -1.86. The summed E-state index contributed by atoms with van der Waals surface area (Å²) in [5.41, 5.74) is 5.48. The van der Waals surface area contributed by atoms with Gasteiger partial charge in [0.05, 0.1) is 13.1 Å². The first-order valence-electron chi connectivity index (χ1n) is 4.34. The van der Waals surface area contributed by atoms with E-state index >= 15 is 0 Å². The van der Waals surface area contributed by atoms with Crippen molar-refractivity contribution in [3.05, 3.63) is 13.9 Å². The largest absolute Gasteiger partial charge is 0.493 e. The van der Waals surface area contributed by atoms with Crippen LogP contribution in [0.25, 0.3) is 0 Å². The summed E-state index contributed by atoms with van der Waals surface area (Å²) in [6.45, 7) is 0.698. The molecule has 2 heterocycles. The van der Waals surface area contributed by atoms with Crippen LogP contribution in [-0.2, 0) is 13.1 Å². The van der Waals surface area contributed by atoms with Gasteiger partial charge in [-0.25, -0.2) is 4.68 Å². The molecule has 90 valence electrons. The summed E-state index contributed by atoms with van der Waals surface area (Å²) in [5.74, 6) is -0.534. The molecule has 17 heavy (non-hydrogen) atoms. The minimum absolute atomic E-state index is 0.0141. The first-order valence-corrected chi connectivity index (χ1v) is 5.42. The van der Waals surface area contributed by atoms with Crippen molar-refractivity contribution in [2.24, 2.45) is 0 Å². The molecule has 0 amide bonds. The van der Waals surface area contributed by atoms with Crippen LogP contribution in [0.5, 0.6) is 0 Å². The predicted molar refractivity (Wildman–Crippen MR) is 61.6 cm³/mol. The van der Waals surface area contributed by atoms with Crippen LogP contribution in [0.1, 0.15) is 0 Å². The number of aryl methyl sites for hydroxylation is 2. The van der Waals surface area contributed by atoms with Crippen molar-refractivity contribution in [2.75, 3.05) is 5.73 Å². The summed E-state index contributed by atoms with van der Waals surface area (Å²) in [4.78, 5) is 13.2. The molecule has 2 aromatic rings. The number of hydrogen-bond donors (Lipinski definition) is 1. The van der Waals surface area contributed by atoms with Gasteiger partial charge in [-0.3, -0.25) is 0 Å². The Morgan fingerprint density at radius 1 is 1.41 bits per heavy atom. The van der Waals surface area contributed by atoms with Gasteiger partial charge >= 0.3 is 11.9 Å². The predicted octanol–water partition coefficient (Wildman–Crippen LogP) is -0.940. The van der Waals surface area contributed by atoms with Crippen LogP contribution in [0, 0.1) is 13.9 Å². The van der Waals surface area contributed by atoms with E-state index in [1.807, 2.05) is 22.6 Å². The van der Waals surface area contributed by atoms with Crippen LogP contribution < -0.4 is 5.73 Å². The van der Waals surface area contributed by atoms with Crippen molar-refractivity contribution in [3.63, 3.8) is 0 Å². The number of aromatic nitrogens is 7. The molecule has 0 aromatic carbocycles. The second kappa shape index (κ2) is 4.56. The van der Waals surface area contributed by atoms with Crippen LogP contribution in [0.3, 0.4) is 0 Å². The highest BCUT2D eigenvalue weighted by Gasteiger charge is 2.19. The average molecular weight is 351 g/mol. The molecule has 0 saturated heterocycles. The fourth-order valence-corrected chi connectivity index (χ4v) is 1.54. The minimum Gasteiger partial charge on any atom is -0.390 e. The molecule has 0 unspecified atom stereocenters. The third kappa shape index (κ3) is 2.45. The maximum absolute atomic E-state index is 10.4. The Morgan fingerprint density at radius 3 is 2.65 bits per heavy atom. The van der Waals surface area contributed by atoms with Crippen LogP contribution in [0.15, 0.2) is 0 Å². The lowest BCUT2D eigenvalue weighted by Crippen LogP contribution is -2.13. The summed E-state index contributed by atoms with van der Waals surface area (Å²) in [6, 6.07) is 0. The molecular weight excluding hydrogens is 345 g/mol. The molecule has 0 spiro atoms. The highest BCUT2D eigenvalue weighted by atomic mass is 127. The normalized spacial score (nSPS) is 10.6. The molecule has 0 aliphatic carbocycles. The third-order valence-electron chi connectivity index (χ3n) is 1.86. The lowest BCUT2D eigenvalue weighted by Gasteiger charge is -1.98. The summed E-state index contributed by atoms with van der Waals surface area (Å²) in [6.07, 6.45) is 0. The molecule has 2 rings (SSSR count). The zero-order chi connectivity index (χ0) is 12.4. The van der Waals surface area contributed by atoms with Crippen LogP contribution in [-0.4, -0.2) is 39.9 Å². The van der Waals surface area contributed by atoms with Crippen LogP contribution in [0.2, 0.25) is 0 Å². The van der Waals surface area contributed by atoms with Gasteiger partial charge in [0.25, 0.3) is 0 Å². The van der Waals surface area contributed by atoms with E-state index in [1.54, 1.807) is 0 Å². The Bertz CT molecular complexity index is 547. The summed E-state index contributed by atoms with van der Waals surface area (Å²) < 4.78 is 3.36. The fourth-order valence-electron chi connectivity index (χ4n) is 1.10. The molecule has 12 heteroatoms. The molecule has 0 aliphatic rings. The number of nitrogens with two attached hydrogens (primary N) is 1. The second-order valence-electron chi connectivity index (χ2n) is 2.92. The van der Waals surface area contributed by atoms with Crippen LogP contribution in [0.4, 0.5) is 11.9 Å². The number of rotatable bonds is 4. The molecule has 0 atom stereocenters. The second-order valence-corrected chi connectivity index (χ2v) is 3.89. The highest BCUT2D eigenvalue weighted by Crippen LogP contribution is 2.07. The number of nitrogens with zero attached hydrogens (tertiary/aromatic N) is 8. The highest BCUT2D eigenvalue weighted by molar-refractivity contribution is 14.1. The van der Waals surface area contributed by atoms with Gasteiger partial charge in [0.2, 0.25) is 3.83 Å². The van der Waals surface area contributed by atoms with Gasteiger partial charge in [-0.15, -0.1) is 5.10 Å². The quantitative estimate of drug-likeness (QED) is 0.422. The maximum Gasteiger partial charge on any atom is 0.493 e. The number of halogens is 1. The van der Waals surface area contributed by atoms with E-state index in [-0.39, 0.29) is 5.95 Å². The van der Waals surface area contributed by atoms with Gasteiger partial charge in [-0.05, 0) is 20.3 Å². The molecule has 2 aromatic heterocycles. The summed E-state index contributed by atoms with van der Waals surface area (Å²) in [5, 5.41) is 24.9.